The zero-order chi connectivity index (χ0) is 19.5. The van der Waals surface area contributed by atoms with E-state index in [0.717, 1.165) is 5.39 Å². The summed E-state index contributed by atoms with van der Waals surface area (Å²) in [5.74, 6) is 1.68. The Labute approximate surface area is 160 Å². The molecule has 2 aromatic carbocycles. The maximum absolute atomic E-state index is 12.3. The number of amides is 1. The van der Waals surface area contributed by atoms with Gasteiger partial charge in [0.1, 0.15) is 5.58 Å². The summed E-state index contributed by atoms with van der Waals surface area (Å²) in [5, 5.41) is 7.52. The van der Waals surface area contributed by atoms with Crippen LogP contribution in [0.3, 0.4) is 0 Å². The number of nitrogens with zero attached hydrogens (tertiary/aromatic N) is 2. The first kappa shape index (κ1) is 17.6. The molecule has 0 atom stereocenters. The highest BCUT2D eigenvalue weighted by molar-refractivity contribution is 5.95. The topological polar surface area (TPSA) is 99.6 Å². The maximum Gasteiger partial charge on any atom is 0.287 e. The monoisotopic (exact) mass is 379 g/mol. The molecule has 2 heterocycles. The first-order valence-corrected chi connectivity index (χ1v) is 8.49. The number of para-hydroxylation sites is 1. The lowest BCUT2D eigenvalue weighted by atomic mass is 10.2. The molecule has 1 amide bonds. The van der Waals surface area contributed by atoms with Crippen LogP contribution < -0.4 is 14.8 Å². The molecular weight excluding hydrogens is 362 g/mol. The molecule has 0 bridgehead atoms. The highest BCUT2D eigenvalue weighted by Crippen LogP contribution is 2.31. The first-order chi connectivity index (χ1) is 13.7. The lowest BCUT2D eigenvalue weighted by Crippen LogP contribution is -2.22. The van der Waals surface area contributed by atoms with Crippen molar-refractivity contribution in [1.82, 2.24) is 15.5 Å². The Balaban J connectivity index is 1.45. The van der Waals surface area contributed by atoms with Crippen molar-refractivity contribution in [1.29, 1.82) is 0 Å². The SMILES string of the molecule is COc1ccc(-c2noc(CNC(=O)c3cc4ccccc4o3)n2)cc1OC. The largest absolute Gasteiger partial charge is 0.493 e. The van der Waals surface area contributed by atoms with Crippen molar-refractivity contribution in [3.05, 3.63) is 60.2 Å². The number of carbonyl (C=O) groups excluding carboxylic acids is 1. The molecule has 142 valence electrons. The van der Waals surface area contributed by atoms with Gasteiger partial charge in [-0.15, -0.1) is 0 Å². The van der Waals surface area contributed by atoms with E-state index in [0.29, 0.717) is 28.5 Å². The number of hydrogen-bond donors (Lipinski definition) is 1. The number of aromatic nitrogens is 2. The average molecular weight is 379 g/mol. The summed E-state index contributed by atoms with van der Waals surface area (Å²) >= 11 is 0. The quantitative estimate of drug-likeness (QED) is 0.548. The molecule has 0 saturated carbocycles. The third kappa shape index (κ3) is 3.39. The van der Waals surface area contributed by atoms with Crippen molar-refractivity contribution in [2.45, 2.75) is 6.54 Å². The first-order valence-electron chi connectivity index (χ1n) is 8.49. The van der Waals surface area contributed by atoms with Crippen LogP contribution in [0.5, 0.6) is 11.5 Å². The van der Waals surface area contributed by atoms with Crippen molar-refractivity contribution in [2.75, 3.05) is 14.2 Å². The summed E-state index contributed by atoms with van der Waals surface area (Å²) in [6, 6.07) is 14.4. The van der Waals surface area contributed by atoms with Crippen LogP contribution in [-0.2, 0) is 6.54 Å². The predicted molar refractivity (Wildman–Crippen MR) is 100 cm³/mol. The molecule has 0 aliphatic heterocycles. The van der Waals surface area contributed by atoms with Crippen LogP contribution in [0.2, 0.25) is 0 Å². The van der Waals surface area contributed by atoms with Gasteiger partial charge < -0.3 is 23.7 Å². The van der Waals surface area contributed by atoms with Gasteiger partial charge in [0.25, 0.3) is 5.91 Å². The molecule has 0 saturated heterocycles. The summed E-state index contributed by atoms with van der Waals surface area (Å²) < 4.78 is 21.2. The maximum atomic E-state index is 12.3. The number of ether oxygens (including phenoxy) is 2. The smallest absolute Gasteiger partial charge is 0.287 e. The Morgan fingerprint density at radius 1 is 1.07 bits per heavy atom. The average Bonchev–Trinajstić information content (AvgIpc) is 3.38. The number of nitrogens with one attached hydrogen (secondary N) is 1. The minimum atomic E-state index is -0.359. The summed E-state index contributed by atoms with van der Waals surface area (Å²) in [6.45, 7) is 0.0795. The molecule has 28 heavy (non-hydrogen) atoms. The molecule has 0 aliphatic carbocycles. The second kappa shape index (κ2) is 7.43. The van der Waals surface area contributed by atoms with E-state index in [1.165, 1.54) is 0 Å². The molecule has 8 nitrogen and oxygen atoms in total. The van der Waals surface area contributed by atoms with E-state index in [1.54, 1.807) is 44.6 Å². The van der Waals surface area contributed by atoms with Crippen LogP contribution in [0.1, 0.15) is 16.4 Å². The molecule has 0 radical (unpaired) electrons. The summed E-state index contributed by atoms with van der Waals surface area (Å²) in [6.07, 6.45) is 0. The molecule has 1 N–H and O–H groups in total. The molecule has 4 aromatic rings. The van der Waals surface area contributed by atoms with Crippen LogP contribution in [0.15, 0.2) is 57.5 Å². The number of carbonyl (C=O) groups is 1. The van der Waals surface area contributed by atoms with E-state index in [9.17, 15) is 4.79 Å². The van der Waals surface area contributed by atoms with Crippen LogP contribution in [0, 0.1) is 0 Å². The van der Waals surface area contributed by atoms with Gasteiger partial charge in [0, 0.05) is 10.9 Å². The lowest BCUT2D eigenvalue weighted by molar-refractivity contribution is 0.0920. The number of rotatable bonds is 6. The second-order valence-corrected chi connectivity index (χ2v) is 5.91. The van der Waals surface area contributed by atoms with Gasteiger partial charge in [-0.3, -0.25) is 4.79 Å². The second-order valence-electron chi connectivity index (χ2n) is 5.91. The van der Waals surface area contributed by atoms with Gasteiger partial charge in [-0.25, -0.2) is 0 Å². The van der Waals surface area contributed by atoms with E-state index in [4.69, 9.17) is 18.4 Å². The minimum Gasteiger partial charge on any atom is -0.493 e. The Kier molecular flexibility index (Phi) is 4.67. The number of benzene rings is 2. The van der Waals surface area contributed by atoms with Crippen molar-refractivity contribution < 1.29 is 23.2 Å². The Morgan fingerprint density at radius 2 is 1.89 bits per heavy atom. The molecule has 2 aromatic heterocycles. The van der Waals surface area contributed by atoms with Gasteiger partial charge in [-0.2, -0.15) is 4.98 Å². The van der Waals surface area contributed by atoms with E-state index in [-0.39, 0.29) is 24.1 Å². The summed E-state index contributed by atoms with van der Waals surface area (Å²) in [7, 11) is 3.12. The Hall–Kier alpha value is -3.81. The van der Waals surface area contributed by atoms with Crippen molar-refractivity contribution in [3.63, 3.8) is 0 Å². The molecule has 4 rings (SSSR count). The standard InChI is InChI=1S/C20H17N3O5/c1-25-15-8-7-13(10-16(15)26-2)19-22-18(28-23-19)11-21-20(24)17-9-12-5-3-4-6-14(12)27-17/h3-10H,11H2,1-2H3,(H,21,24). The fourth-order valence-electron chi connectivity index (χ4n) is 2.76. The molecule has 8 heteroatoms. The van der Waals surface area contributed by atoms with Crippen LogP contribution >= 0.6 is 0 Å². The number of hydrogen-bond acceptors (Lipinski definition) is 7. The third-order valence-electron chi connectivity index (χ3n) is 4.16. The van der Waals surface area contributed by atoms with Gasteiger partial charge in [0.05, 0.1) is 20.8 Å². The number of fused-ring (bicyclic) bond motifs is 1. The minimum absolute atomic E-state index is 0.0795. The van der Waals surface area contributed by atoms with Crippen LogP contribution in [0.25, 0.3) is 22.4 Å². The van der Waals surface area contributed by atoms with Gasteiger partial charge in [0.2, 0.25) is 11.7 Å². The molecular formula is C20H17N3O5. The van der Waals surface area contributed by atoms with Crippen molar-refractivity contribution in [2.24, 2.45) is 0 Å². The third-order valence-corrected chi connectivity index (χ3v) is 4.16. The zero-order valence-corrected chi connectivity index (χ0v) is 15.3. The van der Waals surface area contributed by atoms with E-state index < -0.39 is 0 Å². The van der Waals surface area contributed by atoms with E-state index in [2.05, 4.69) is 15.5 Å². The van der Waals surface area contributed by atoms with Crippen molar-refractivity contribution >= 4 is 16.9 Å². The van der Waals surface area contributed by atoms with Gasteiger partial charge in [0.15, 0.2) is 17.3 Å². The molecule has 0 aliphatic rings. The number of methoxy groups -OCH3 is 2. The van der Waals surface area contributed by atoms with Gasteiger partial charge >= 0.3 is 0 Å². The molecule has 0 unspecified atom stereocenters. The fourth-order valence-corrected chi connectivity index (χ4v) is 2.76. The zero-order valence-electron chi connectivity index (χ0n) is 15.3. The highest BCUT2D eigenvalue weighted by atomic mass is 16.5. The summed E-state index contributed by atoms with van der Waals surface area (Å²) in [5.41, 5.74) is 1.36. The highest BCUT2D eigenvalue weighted by Gasteiger charge is 2.15. The summed E-state index contributed by atoms with van der Waals surface area (Å²) in [4.78, 5) is 16.6. The van der Waals surface area contributed by atoms with Crippen LogP contribution in [0.4, 0.5) is 0 Å². The van der Waals surface area contributed by atoms with Gasteiger partial charge in [-0.05, 0) is 30.3 Å². The lowest BCUT2D eigenvalue weighted by Gasteiger charge is -2.07. The van der Waals surface area contributed by atoms with Crippen molar-refractivity contribution in [3.8, 4) is 22.9 Å². The Bertz CT molecular complexity index is 1100. The molecule has 0 spiro atoms. The fraction of sp³-hybridized carbons (Fsp3) is 0.150. The van der Waals surface area contributed by atoms with E-state index in [1.807, 2.05) is 18.2 Å². The normalized spacial score (nSPS) is 10.8. The van der Waals surface area contributed by atoms with Crippen LogP contribution in [-0.4, -0.2) is 30.3 Å². The molecule has 0 fully saturated rings. The van der Waals surface area contributed by atoms with E-state index >= 15 is 0 Å². The number of furan rings is 1. The van der Waals surface area contributed by atoms with Gasteiger partial charge in [-0.1, -0.05) is 23.4 Å². The predicted octanol–water partition coefficient (Wildman–Crippen LogP) is 3.43. The Morgan fingerprint density at radius 3 is 2.68 bits per heavy atom.